The smallest absolute Gasteiger partial charge is 0.0987 e. The summed E-state index contributed by atoms with van der Waals surface area (Å²) in [4.78, 5) is 1.30. The fourth-order valence-electron chi connectivity index (χ4n) is 2.79. The molecule has 1 aromatic rings. The molecule has 2 rings (SSSR count). The highest BCUT2D eigenvalue weighted by atomic mass is 32.1. The van der Waals surface area contributed by atoms with Gasteiger partial charge in [-0.25, -0.2) is 0 Å². The molecule has 0 fully saturated rings. The fraction of sp³-hybridized carbons (Fsp3) is 0.533. The van der Waals surface area contributed by atoms with Crippen LogP contribution >= 0.6 is 11.3 Å². The summed E-state index contributed by atoms with van der Waals surface area (Å²) in [6.45, 7) is 5.23. The zero-order valence-electron chi connectivity index (χ0n) is 11.0. The van der Waals surface area contributed by atoms with Gasteiger partial charge in [-0.3, -0.25) is 5.32 Å². The highest BCUT2D eigenvalue weighted by Crippen LogP contribution is 2.30. The summed E-state index contributed by atoms with van der Waals surface area (Å²) in [6, 6.07) is 6.58. The number of rotatable bonds is 4. The molecule has 0 saturated heterocycles. The SMILES string of the molecule is CC1=CC(C)CC(C(C#N)NCc2cccs2)C1. The summed E-state index contributed by atoms with van der Waals surface area (Å²) in [5.41, 5.74) is 1.43. The minimum Gasteiger partial charge on any atom is -0.297 e. The minimum atomic E-state index is -0.0294. The number of hydrogen-bond acceptors (Lipinski definition) is 3. The maximum Gasteiger partial charge on any atom is 0.0987 e. The van der Waals surface area contributed by atoms with E-state index >= 15 is 0 Å². The molecule has 0 spiro atoms. The molecule has 1 aliphatic carbocycles. The van der Waals surface area contributed by atoms with E-state index in [0.717, 1.165) is 19.4 Å². The molecule has 3 heteroatoms. The third-order valence-corrected chi connectivity index (χ3v) is 4.39. The zero-order chi connectivity index (χ0) is 13.0. The van der Waals surface area contributed by atoms with Crippen LogP contribution in [0.5, 0.6) is 0 Å². The van der Waals surface area contributed by atoms with Crippen LogP contribution in [0.25, 0.3) is 0 Å². The van der Waals surface area contributed by atoms with Gasteiger partial charge in [0.05, 0.1) is 12.1 Å². The van der Waals surface area contributed by atoms with Crippen LogP contribution in [0.1, 0.15) is 31.6 Å². The molecule has 1 aliphatic rings. The van der Waals surface area contributed by atoms with Crippen LogP contribution < -0.4 is 5.32 Å². The van der Waals surface area contributed by atoms with Gasteiger partial charge in [0.25, 0.3) is 0 Å². The Hall–Kier alpha value is -1.11. The molecule has 0 aromatic carbocycles. The number of hydrogen-bond donors (Lipinski definition) is 1. The lowest BCUT2D eigenvalue weighted by Crippen LogP contribution is -2.36. The van der Waals surface area contributed by atoms with E-state index in [-0.39, 0.29) is 6.04 Å². The average molecular weight is 260 g/mol. The minimum absolute atomic E-state index is 0.0294. The first kappa shape index (κ1) is 13.3. The molecular formula is C15H20N2S. The molecule has 96 valence electrons. The quantitative estimate of drug-likeness (QED) is 0.837. The fourth-order valence-corrected chi connectivity index (χ4v) is 3.45. The van der Waals surface area contributed by atoms with Crippen molar-refractivity contribution >= 4 is 11.3 Å². The van der Waals surface area contributed by atoms with Gasteiger partial charge in [-0.1, -0.05) is 24.6 Å². The van der Waals surface area contributed by atoms with Crippen LogP contribution in [-0.2, 0) is 6.54 Å². The zero-order valence-corrected chi connectivity index (χ0v) is 11.8. The Labute approximate surface area is 113 Å². The van der Waals surface area contributed by atoms with Crippen molar-refractivity contribution in [1.82, 2.24) is 5.32 Å². The van der Waals surface area contributed by atoms with Crippen molar-refractivity contribution in [3.63, 3.8) is 0 Å². The van der Waals surface area contributed by atoms with Crippen LogP contribution in [0, 0.1) is 23.2 Å². The molecule has 0 amide bonds. The molecule has 2 nitrogen and oxygen atoms in total. The van der Waals surface area contributed by atoms with Crippen LogP contribution in [0.4, 0.5) is 0 Å². The van der Waals surface area contributed by atoms with Crippen molar-refractivity contribution < 1.29 is 0 Å². The summed E-state index contributed by atoms with van der Waals surface area (Å²) < 4.78 is 0. The number of nitrogens with zero attached hydrogens (tertiary/aromatic N) is 1. The van der Waals surface area contributed by atoms with Gasteiger partial charge in [-0.05, 0) is 43.0 Å². The summed E-state index contributed by atoms with van der Waals surface area (Å²) in [5, 5.41) is 14.8. The molecule has 1 aromatic heterocycles. The maximum absolute atomic E-state index is 9.35. The maximum atomic E-state index is 9.35. The Kier molecular flexibility index (Phi) is 4.57. The topological polar surface area (TPSA) is 35.8 Å². The van der Waals surface area contributed by atoms with Crippen LogP contribution in [0.15, 0.2) is 29.2 Å². The van der Waals surface area contributed by atoms with Crippen molar-refractivity contribution in [2.24, 2.45) is 11.8 Å². The largest absolute Gasteiger partial charge is 0.297 e. The molecule has 1 N–H and O–H groups in total. The first-order chi connectivity index (χ1) is 8.69. The van der Waals surface area contributed by atoms with Crippen LogP contribution in [0.2, 0.25) is 0 Å². The number of nitriles is 1. The highest BCUT2D eigenvalue weighted by Gasteiger charge is 2.25. The van der Waals surface area contributed by atoms with Gasteiger partial charge in [0.1, 0.15) is 0 Å². The summed E-state index contributed by atoms with van der Waals surface area (Å²) >= 11 is 1.74. The predicted octanol–water partition coefficient (Wildman–Crippen LogP) is 3.72. The number of thiophene rings is 1. The first-order valence-corrected chi connectivity index (χ1v) is 7.39. The van der Waals surface area contributed by atoms with Gasteiger partial charge in [0, 0.05) is 11.4 Å². The van der Waals surface area contributed by atoms with Gasteiger partial charge in [-0.15, -0.1) is 11.3 Å². The summed E-state index contributed by atoms with van der Waals surface area (Å²) in [7, 11) is 0. The molecule has 3 atom stereocenters. The predicted molar refractivity (Wildman–Crippen MR) is 76.2 cm³/mol. The van der Waals surface area contributed by atoms with E-state index in [4.69, 9.17) is 0 Å². The molecule has 3 unspecified atom stereocenters. The lowest BCUT2D eigenvalue weighted by Gasteiger charge is -2.29. The third kappa shape index (κ3) is 3.44. The van der Waals surface area contributed by atoms with Gasteiger partial charge >= 0.3 is 0 Å². The molecule has 1 heterocycles. The average Bonchev–Trinajstić information content (AvgIpc) is 2.81. The van der Waals surface area contributed by atoms with E-state index < -0.39 is 0 Å². The monoisotopic (exact) mass is 260 g/mol. The molecular weight excluding hydrogens is 240 g/mol. The van der Waals surface area contributed by atoms with Gasteiger partial charge in [0.15, 0.2) is 0 Å². The second-order valence-electron chi connectivity index (χ2n) is 5.26. The third-order valence-electron chi connectivity index (χ3n) is 3.51. The standard InChI is InChI=1S/C15H20N2S/c1-11-6-12(2)8-13(7-11)15(9-16)17-10-14-4-3-5-18-14/h3-6,11,13,15,17H,7-8,10H2,1-2H3. The normalized spacial score (nSPS) is 25.3. The lowest BCUT2D eigenvalue weighted by molar-refractivity contribution is 0.337. The second kappa shape index (κ2) is 6.17. The molecule has 0 radical (unpaired) electrons. The van der Waals surface area contributed by atoms with E-state index in [1.807, 2.05) is 0 Å². The Balaban J connectivity index is 1.93. The van der Waals surface area contributed by atoms with Crippen LogP contribution in [0.3, 0.4) is 0 Å². The molecule has 0 bridgehead atoms. The first-order valence-electron chi connectivity index (χ1n) is 6.51. The van der Waals surface area contributed by atoms with Gasteiger partial charge in [-0.2, -0.15) is 5.26 Å². The molecule has 18 heavy (non-hydrogen) atoms. The van der Waals surface area contributed by atoms with Gasteiger partial charge < -0.3 is 0 Å². The lowest BCUT2D eigenvalue weighted by atomic mass is 9.80. The van der Waals surface area contributed by atoms with Crippen molar-refractivity contribution in [3.8, 4) is 6.07 Å². The number of allylic oxidation sites excluding steroid dienone is 2. The number of nitrogens with one attached hydrogen (secondary N) is 1. The van der Waals surface area contributed by atoms with Crippen molar-refractivity contribution in [2.75, 3.05) is 0 Å². The Bertz CT molecular complexity index is 442. The summed E-state index contributed by atoms with van der Waals surface area (Å²) in [6.07, 6.45) is 4.51. The molecule has 0 saturated carbocycles. The molecule has 0 aliphatic heterocycles. The Morgan fingerprint density at radius 1 is 1.61 bits per heavy atom. The second-order valence-corrected chi connectivity index (χ2v) is 6.29. The van der Waals surface area contributed by atoms with Crippen molar-refractivity contribution in [2.45, 2.75) is 39.3 Å². The summed E-state index contributed by atoms with van der Waals surface area (Å²) in [5.74, 6) is 1.05. The van der Waals surface area contributed by atoms with Crippen LogP contribution in [-0.4, -0.2) is 6.04 Å². The highest BCUT2D eigenvalue weighted by molar-refractivity contribution is 7.09. The Morgan fingerprint density at radius 3 is 3.06 bits per heavy atom. The van der Waals surface area contributed by atoms with E-state index in [9.17, 15) is 5.26 Å². The van der Waals surface area contributed by atoms with E-state index in [1.165, 1.54) is 10.5 Å². The van der Waals surface area contributed by atoms with Crippen molar-refractivity contribution in [3.05, 3.63) is 34.0 Å². The van der Waals surface area contributed by atoms with Crippen molar-refractivity contribution in [1.29, 1.82) is 5.26 Å². The van der Waals surface area contributed by atoms with E-state index in [2.05, 4.69) is 48.8 Å². The van der Waals surface area contributed by atoms with Gasteiger partial charge in [0.2, 0.25) is 0 Å². The Morgan fingerprint density at radius 2 is 2.44 bits per heavy atom. The van der Waals surface area contributed by atoms with E-state index in [0.29, 0.717) is 11.8 Å². The van der Waals surface area contributed by atoms with E-state index in [1.54, 1.807) is 11.3 Å².